The second kappa shape index (κ2) is 4.38. The van der Waals surface area contributed by atoms with E-state index in [0.29, 0.717) is 12.4 Å². The maximum absolute atomic E-state index is 12.3. The van der Waals surface area contributed by atoms with E-state index in [9.17, 15) is 4.39 Å². The first-order valence-corrected chi connectivity index (χ1v) is 6.37. The van der Waals surface area contributed by atoms with E-state index < -0.39 is 0 Å². The molecule has 3 rings (SSSR count). The second-order valence-corrected chi connectivity index (χ2v) is 5.35. The van der Waals surface area contributed by atoms with Gasteiger partial charge in [-0.3, -0.25) is 9.29 Å². The maximum atomic E-state index is 12.3. The molecule has 1 aliphatic heterocycles. The van der Waals surface area contributed by atoms with Gasteiger partial charge in [-0.25, -0.2) is 4.98 Å². The van der Waals surface area contributed by atoms with Crippen molar-refractivity contribution < 1.29 is 8.81 Å². The normalized spacial score (nSPS) is 17.5. The number of oxazole rings is 1. The molecule has 0 radical (unpaired) electrons. The number of alkyl halides is 1. The first-order valence-electron chi connectivity index (χ1n) is 5.58. The molecule has 0 bridgehead atoms. The Labute approximate surface area is 107 Å². The molecule has 3 nitrogen and oxygen atoms in total. The largest absolute Gasteiger partial charge is 0.439 e. The molecule has 0 atom stereocenters. The van der Waals surface area contributed by atoms with Crippen LogP contribution in [0, 0.1) is 5.92 Å². The first kappa shape index (κ1) is 11.2. The van der Waals surface area contributed by atoms with Crippen LogP contribution in [0.5, 0.6) is 0 Å². The van der Waals surface area contributed by atoms with Crippen LogP contribution in [0.25, 0.3) is 11.1 Å². The van der Waals surface area contributed by atoms with Crippen molar-refractivity contribution in [1.29, 1.82) is 0 Å². The Morgan fingerprint density at radius 1 is 1.47 bits per heavy atom. The van der Waals surface area contributed by atoms with Crippen LogP contribution in [0.4, 0.5) is 4.39 Å². The van der Waals surface area contributed by atoms with Crippen LogP contribution >= 0.6 is 15.9 Å². The number of halogens is 2. The number of fused-ring (bicyclic) bond motifs is 1. The second-order valence-electron chi connectivity index (χ2n) is 4.43. The lowest BCUT2D eigenvalue weighted by Crippen LogP contribution is -2.46. The van der Waals surface area contributed by atoms with Crippen molar-refractivity contribution in [3.63, 3.8) is 0 Å². The standard InChI is InChI=1S/C12H12BrFN2O/c13-9-1-2-10-11(3-9)17-12(15-10)7-16-5-8(4-14)6-16/h1-3,8H,4-7H2. The van der Waals surface area contributed by atoms with E-state index in [1.54, 1.807) is 0 Å². The van der Waals surface area contributed by atoms with Gasteiger partial charge >= 0.3 is 0 Å². The predicted octanol–water partition coefficient (Wildman–Crippen LogP) is 2.99. The Bertz CT molecular complexity index is 536. The van der Waals surface area contributed by atoms with Gasteiger partial charge in [0.05, 0.1) is 13.2 Å². The van der Waals surface area contributed by atoms with Gasteiger partial charge in [-0.05, 0) is 18.2 Å². The number of rotatable bonds is 3. The van der Waals surface area contributed by atoms with Gasteiger partial charge in [0.25, 0.3) is 0 Å². The van der Waals surface area contributed by atoms with Crippen LogP contribution in [0.1, 0.15) is 5.89 Å². The van der Waals surface area contributed by atoms with Crippen molar-refractivity contribution in [2.45, 2.75) is 6.54 Å². The zero-order valence-electron chi connectivity index (χ0n) is 9.20. The molecule has 0 unspecified atom stereocenters. The highest BCUT2D eigenvalue weighted by Crippen LogP contribution is 2.23. The number of aromatic nitrogens is 1. The number of hydrogen-bond donors (Lipinski definition) is 0. The Balaban J connectivity index is 1.73. The van der Waals surface area contributed by atoms with Crippen LogP contribution in [0.2, 0.25) is 0 Å². The zero-order valence-corrected chi connectivity index (χ0v) is 10.8. The zero-order chi connectivity index (χ0) is 11.8. The Morgan fingerprint density at radius 3 is 3.06 bits per heavy atom. The van der Waals surface area contributed by atoms with Crippen molar-refractivity contribution in [2.24, 2.45) is 5.92 Å². The summed E-state index contributed by atoms with van der Waals surface area (Å²) in [4.78, 5) is 6.55. The van der Waals surface area contributed by atoms with Crippen LogP contribution in [0.3, 0.4) is 0 Å². The highest BCUT2D eigenvalue weighted by molar-refractivity contribution is 9.10. The summed E-state index contributed by atoms with van der Waals surface area (Å²) in [6, 6.07) is 5.77. The molecule has 0 N–H and O–H groups in total. The number of likely N-dealkylation sites (tertiary alicyclic amines) is 1. The van der Waals surface area contributed by atoms with Gasteiger partial charge in [-0.15, -0.1) is 0 Å². The van der Waals surface area contributed by atoms with E-state index >= 15 is 0 Å². The van der Waals surface area contributed by atoms with E-state index in [2.05, 4.69) is 25.8 Å². The van der Waals surface area contributed by atoms with Crippen molar-refractivity contribution in [3.8, 4) is 0 Å². The van der Waals surface area contributed by atoms with Gasteiger partial charge in [0.15, 0.2) is 5.58 Å². The summed E-state index contributed by atoms with van der Waals surface area (Å²) >= 11 is 3.39. The molecule has 0 aliphatic carbocycles. The highest BCUT2D eigenvalue weighted by Gasteiger charge is 2.27. The average Bonchev–Trinajstić information content (AvgIpc) is 2.64. The third kappa shape index (κ3) is 2.21. The predicted molar refractivity (Wildman–Crippen MR) is 66.5 cm³/mol. The van der Waals surface area contributed by atoms with Gasteiger partial charge in [-0.2, -0.15) is 0 Å². The summed E-state index contributed by atoms with van der Waals surface area (Å²) in [6.45, 7) is 2.05. The Hall–Kier alpha value is -0.940. The minimum Gasteiger partial charge on any atom is -0.439 e. The average molecular weight is 299 g/mol. The fourth-order valence-corrected chi connectivity index (χ4v) is 2.45. The number of benzene rings is 1. The summed E-state index contributed by atoms with van der Waals surface area (Å²) < 4.78 is 18.9. The van der Waals surface area contributed by atoms with Crippen LogP contribution < -0.4 is 0 Å². The molecule has 90 valence electrons. The summed E-state index contributed by atoms with van der Waals surface area (Å²) in [6.07, 6.45) is 0. The number of nitrogens with zero attached hydrogens (tertiary/aromatic N) is 2. The van der Waals surface area contributed by atoms with E-state index in [1.165, 1.54) is 0 Å². The van der Waals surface area contributed by atoms with Gasteiger partial charge in [0.1, 0.15) is 5.52 Å². The summed E-state index contributed by atoms with van der Waals surface area (Å²) in [5.74, 6) is 0.906. The SMILES string of the molecule is FCC1CN(Cc2nc3ccc(Br)cc3o2)C1. The highest BCUT2D eigenvalue weighted by atomic mass is 79.9. The molecule has 5 heteroatoms. The van der Waals surface area contributed by atoms with Crippen molar-refractivity contribution in [1.82, 2.24) is 9.88 Å². The molecule has 0 saturated carbocycles. The van der Waals surface area contributed by atoms with Crippen LogP contribution in [-0.2, 0) is 6.54 Å². The Morgan fingerprint density at radius 2 is 2.29 bits per heavy atom. The van der Waals surface area contributed by atoms with Gasteiger partial charge in [0.2, 0.25) is 5.89 Å². The molecular weight excluding hydrogens is 287 g/mol. The molecule has 17 heavy (non-hydrogen) atoms. The summed E-state index contributed by atoms with van der Waals surface area (Å²) in [5.41, 5.74) is 1.66. The lowest BCUT2D eigenvalue weighted by Gasteiger charge is -2.36. The fraction of sp³-hybridized carbons (Fsp3) is 0.417. The molecule has 1 aromatic heterocycles. The van der Waals surface area contributed by atoms with Crippen molar-refractivity contribution >= 4 is 27.0 Å². The van der Waals surface area contributed by atoms with E-state index in [-0.39, 0.29) is 12.6 Å². The van der Waals surface area contributed by atoms with Gasteiger partial charge in [-0.1, -0.05) is 15.9 Å². The van der Waals surface area contributed by atoms with Crippen molar-refractivity contribution in [2.75, 3.05) is 19.8 Å². The van der Waals surface area contributed by atoms with E-state index in [4.69, 9.17) is 4.42 Å². The first-order chi connectivity index (χ1) is 8.24. The summed E-state index contributed by atoms with van der Waals surface area (Å²) in [7, 11) is 0. The molecule has 1 aliphatic rings. The number of hydrogen-bond acceptors (Lipinski definition) is 3. The van der Waals surface area contributed by atoms with Crippen LogP contribution in [-0.4, -0.2) is 29.6 Å². The molecule has 2 aromatic rings. The van der Waals surface area contributed by atoms with E-state index in [0.717, 1.165) is 28.7 Å². The lowest BCUT2D eigenvalue weighted by molar-refractivity contribution is 0.0661. The Kier molecular flexibility index (Phi) is 2.88. The van der Waals surface area contributed by atoms with Gasteiger partial charge < -0.3 is 4.42 Å². The smallest absolute Gasteiger partial charge is 0.209 e. The third-order valence-electron chi connectivity index (χ3n) is 3.00. The minimum absolute atomic E-state index is 0.202. The molecule has 1 saturated heterocycles. The van der Waals surface area contributed by atoms with Gasteiger partial charge in [0, 0.05) is 23.5 Å². The molecule has 2 heterocycles. The quantitative estimate of drug-likeness (QED) is 0.872. The minimum atomic E-state index is -0.225. The summed E-state index contributed by atoms with van der Waals surface area (Å²) in [5, 5.41) is 0. The maximum Gasteiger partial charge on any atom is 0.209 e. The molecule has 1 aromatic carbocycles. The molecular formula is C12H12BrFN2O. The monoisotopic (exact) mass is 298 g/mol. The fourth-order valence-electron chi connectivity index (χ4n) is 2.11. The third-order valence-corrected chi connectivity index (χ3v) is 3.50. The molecule has 1 fully saturated rings. The topological polar surface area (TPSA) is 29.3 Å². The van der Waals surface area contributed by atoms with Crippen molar-refractivity contribution in [3.05, 3.63) is 28.6 Å². The molecule has 0 spiro atoms. The van der Waals surface area contributed by atoms with E-state index in [1.807, 2.05) is 18.2 Å². The molecule has 0 amide bonds. The lowest BCUT2D eigenvalue weighted by atomic mass is 10.0. The van der Waals surface area contributed by atoms with Crippen LogP contribution in [0.15, 0.2) is 27.1 Å².